The molecule has 1 heterocycles. The van der Waals surface area contributed by atoms with Crippen LogP contribution in [0, 0.1) is 11.3 Å². The van der Waals surface area contributed by atoms with Gasteiger partial charge in [0.25, 0.3) is 5.91 Å². The first-order chi connectivity index (χ1) is 13.7. The minimum atomic E-state index is -0.292. The summed E-state index contributed by atoms with van der Waals surface area (Å²) in [5.74, 6) is -0.292. The topological polar surface area (TPSA) is 52.9 Å². The maximum absolute atomic E-state index is 12.3. The van der Waals surface area contributed by atoms with Crippen molar-refractivity contribution in [2.45, 2.75) is 32.6 Å². The molecule has 0 bridgehead atoms. The lowest BCUT2D eigenvalue weighted by Crippen LogP contribution is -2.25. The fourth-order valence-electron chi connectivity index (χ4n) is 3.19. The average molecular weight is 389 g/mol. The number of hydrogen-bond donors (Lipinski definition) is 1. The molecule has 0 radical (unpaired) electrons. The lowest BCUT2D eigenvalue weighted by atomic mass is 10.00. The van der Waals surface area contributed by atoms with Crippen LogP contribution < -0.4 is 5.32 Å². The van der Waals surface area contributed by atoms with E-state index >= 15 is 0 Å². The summed E-state index contributed by atoms with van der Waals surface area (Å²) in [6.45, 7) is 2.77. The van der Waals surface area contributed by atoms with Gasteiger partial charge < -0.3 is 5.32 Å². The molecule has 142 valence electrons. The molecule has 1 amide bonds. The number of hydrogen-bond acceptors (Lipinski definition) is 3. The lowest BCUT2D eigenvalue weighted by molar-refractivity contribution is -0.117. The molecule has 0 saturated carbocycles. The second-order valence-electron chi connectivity index (χ2n) is 6.75. The molecule has 2 aromatic carbocycles. The summed E-state index contributed by atoms with van der Waals surface area (Å²) in [5.41, 5.74) is 2.42. The Labute approximate surface area is 170 Å². The normalized spacial score (nSPS) is 11.4. The third kappa shape index (κ3) is 4.88. The minimum absolute atomic E-state index is 0.154. The molecule has 4 heteroatoms. The molecule has 1 aromatic heterocycles. The molecule has 3 nitrogen and oxygen atoms in total. The van der Waals surface area contributed by atoms with E-state index in [9.17, 15) is 10.1 Å². The highest BCUT2D eigenvalue weighted by molar-refractivity contribution is 7.11. The third-order valence-electron chi connectivity index (χ3n) is 4.69. The van der Waals surface area contributed by atoms with Gasteiger partial charge in [-0.2, -0.15) is 5.26 Å². The first-order valence-electron chi connectivity index (χ1n) is 9.69. The highest BCUT2D eigenvalue weighted by Crippen LogP contribution is 2.32. The van der Waals surface area contributed by atoms with Crippen molar-refractivity contribution in [3.8, 4) is 17.2 Å². The summed E-state index contributed by atoms with van der Waals surface area (Å²) in [7, 11) is 0. The molecule has 1 N–H and O–H groups in total. The quantitative estimate of drug-likeness (QED) is 0.285. The van der Waals surface area contributed by atoms with Gasteiger partial charge in [0, 0.05) is 11.4 Å². The predicted octanol–water partition coefficient (Wildman–Crippen LogP) is 6.17. The van der Waals surface area contributed by atoms with Gasteiger partial charge >= 0.3 is 0 Å². The van der Waals surface area contributed by atoms with E-state index in [1.165, 1.54) is 17.2 Å². The van der Waals surface area contributed by atoms with Crippen molar-refractivity contribution >= 4 is 34.1 Å². The van der Waals surface area contributed by atoms with E-state index in [1.807, 2.05) is 24.3 Å². The summed E-state index contributed by atoms with van der Waals surface area (Å²) in [4.78, 5) is 13.2. The Morgan fingerprint density at radius 2 is 1.96 bits per heavy atom. The molecule has 0 fully saturated rings. The largest absolute Gasteiger partial charge is 0.351 e. The summed E-state index contributed by atoms with van der Waals surface area (Å²) >= 11 is 1.54. The molecule has 0 aliphatic heterocycles. The number of nitrogens with one attached hydrogen (secondary N) is 1. The summed E-state index contributed by atoms with van der Waals surface area (Å²) in [5, 5.41) is 16.7. The van der Waals surface area contributed by atoms with Crippen LogP contribution in [0.15, 0.2) is 59.5 Å². The van der Waals surface area contributed by atoms with Gasteiger partial charge in [0.05, 0.1) is 0 Å². The van der Waals surface area contributed by atoms with Crippen molar-refractivity contribution in [1.29, 1.82) is 5.26 Å². The molecule has 0 aliphatic carbocycles. The minimum Gasteiger partial charge on any atom is -0.351 e. The van der Waals surface area contributed by atoms with E-state index in [0.717, 1.165) is 35.3 Å². The second kappa shape index (κ2) is 9.87. The van der Waals surface area contributed by atoms with E-state index in [2.05, 4.69) is 48.0 Å². The number of carbonyl (C=O) groups is 1. The molecule has 0 aliphatic rings. The zero-order valence-electron chi connectivity index (χ0n) is 16.1. The molecule has 0 unspecified atom stereocenters. The summed E-state index contributed by atoms with van der Waals surface area (Å²) in [6, 6.07) is 18.6. The molecule has 3 rings (SSSR count). The Morgan fingerprint density at radius 1 is 1.14 bits per heavy atom. The van der Waals surface area contributed by atoms with Gasteiger partial charge in [-0.3, -0.25) is 4.79 Å². The van der Waals surface area contributed by atoms with E-state index in [1.54, 1.807) is 17.4 Å². The second-order valence-corrected chi connectivity index (χ2v) is 7.69. The zero-order valence-corrected chi connectivity index (χ0v) is 16.9. The fraction of sp³-hybridized carbons (Fsp3) is 0.250. The predicted molar refractivity (Wildman–Crippen MR) is 118 cm³/mol. The van der Waals surface area contributed by atoms with Crippen LogP contribution in [0.1, 0.15) is 37.5 Å². The molecular formula is C24H24N2OS. The van der Waals surface area contributed by atoms with Crippen molar-refractivity contribution in [2.24, 2.45) is 0 Å². The highest BCUT2D eigenvalue weighted by atomic mass is 32.1. The molecule has 0 spiro atoms. The van der Waals surface area contributed by atoms with Crippen molar-refractivity contribution < 1.29 is 4.79 Å². The number of fused-ring (bicyclic) bond motifs is 1. The van der Waals surface area contributed by atoms with Crippen molar-refractivity contribution in [3.63, 3.8) is 0 Å². The van der Waals surface area contributed by atoms with Crippen LogP contribution in [-0.2, 0) is 4.79 Å². The number of nitriles is 1. The Kier molecular flexibility index (Phi) is 7.00. The van der Waals surface area contributed by atoms with E-state index in [-0.39, 0.29) is 11.5 Å². The van der Waals surface area contributed by atoms with Crippen molar-refractivity contribution in [2.75, 3.05) is 6.54 Å². The number of benzene rings is 2. The third-order valence-corrected chi connectivity index (χ3v) is 5.57. The van der Waals surface area contributed by atoms with Crippen molar-refractivity contribution in [1.82, 2.24) is 5.32 Å². The first-order valence-corrected chi connectivity index (χ1v) is 10.6. The molecule has 0 saturated heterocycles. The number of thiophene rings is 1. The van der Waals surface area contributed by atoms with Crippen LogP contribution in [0.5, 0.6) is 0 Å². The van der Waals surface area contributed by atoms with Gasteiger partial charge in [-0.05, 0) is 45.8 Å². The number of unbranched alkanes of at least 4 members (excludes halogenated alkanes) is 3. The van der Waals surface area contributed by atoms with Gasteiger partial charge in [-0.1, -0.05) is 68.7 Å². The fourth-order valence-corrected chi connectivity index (χ4v) is 4.03. The Morgan fingerprint density at radius 3 is 2.79 bits per heavy atom. The lowest BCUT2D eigenvalue weighted by Gasteiger charge is -2.04. The molecule has 3 aromatic rings. The number of nitrogens with zero attached hydrogens (tertiary/aromatic N) is 1. The van der Waals surface area contributed by atoms with Crippen LogP contribution in [0.2, 0.25) is 0 Å². The standard InChI is InChI=1S/C24H24N2OS/c1-2-3-4-7-13-26-24(27)19(16-25)14-21-15-20(17-28-21)23-12-8-10-18-9-5-6-11-22(18)23/h5-6,8-12,14-15,17H,2-4,7,13H2,1H3,(H,26,27)/b19-14+. The van der Waals surface area contributed by atoms with Gasteiger partial charge in [0.2, 0.25) is 0 Å². The van der Waals surface area contributed by atoms with Gasteiger partial charge in [-0.25, -0.2) is 0 Å². The first kappa shape index (κ1) is 19.9. The number of carbonyl (C=O) groups excluding carboxylic acids is 1. The van der Waals surface area contributed by atoms with E-state index in [0.29, 0.717) is 6.54 Å². The highest BCUT2D eigenvalue weighted by Gasteiger charge is 2.10. The SMILES string of the molecule is CCCCCCNC(=O)/C(C#N)=C/c1cc(-c2cccc3ccccc23)cs1. The van der Waals surface area contributed by atoms with Crippen LogP contribution in [0.3, 0.4) is 0 Å². The summed E-state index contributed by atoms with van der Waals surface area (Å²) < 4.78 is 0. The molecular weight excluding hydrogens is 364 g/mol. The summed E-state index contributed by atoms with van der Waals surface area (Å²) in [6.07, 6.45) is 6.06. The smallest absolute Gasteiger partial charge is 0.261 e. The van der Waals surface area contributed by atoms with Crippen LogP contribution in [0.25, 0.3) is 28.0 Å². The van der Waals surface area contributed by atoms with Crippen LogP contribution in [0.4, 0.5) is 0 Å². The monoisotopic (exact) mass is 388 g/mol. The Bertz CT molecular complexity index is 1020. The number of amides is 1. The maximum atomic E-state index is 12.3. The number of rotatable bonds is 8. The van der Waals surface area contributed by atoms with Crippen LogP contribution >= 0.6 is 11.3 Å². The van der Waals surface area contributed by atoms with E-state index < -0.39 is 0 Å². The Hall–Kier alpha value is -2.90. The van der Waals surface area contributed by atoms with Crippen LogP contribution in [-0.4, -0.2) is 12.5 Å². The molecule has 0 atom stereocenters. The Balaban J connectivity index is 1.75. The molecule has 28 heavy (non-hydrogen) atoms. The van der Waals surface area contributed by atoms with Gasteiger partial charge in [0.15, 0.2) is 0 Å². The van der Waals surface area contributed by atoms with E-state index in [4.69, 9.17) is 0 Å². The van der Waals surface area contributed by atoms with Crippen molar-refractivity contribution in [3.05, 3.63) is 64.4 Å². The zero-order chi connectivity index (χ0) is 19.8. The average Bonchev–Trinajstić information content (AvgIpc) is 3.19. The van der Waals surface area contributed by atoms with Gasteiger partial charge in [0.1, 0.15) is 11.6 Å². The maximum Gasteiger partial charge on any atom is 0.261 e. The van der Waals surface area contributed by atoms with Gasteiger partial charge in [-0.15, -0.1) is 11.3 Å².